The van der Waals surface area contributed by atoms with Gasteiger partial charge in [-0.3, -0.25) is 4.98 Å². The van der Waals surface area contributed by atoms with Crippen molar-refractivity contribution >= 4 is 17.7 Å². The fourth-order valence-corrected chi connectivity index (χ4v) is 2.41. The highest BCUT2D eigenvalue weighted by molar-refractivity contribution is 7.99. The van der Waals surface area contributed by atoms with Gasteiger partial charge in [0, 0.05) is 17.3 Å². The Balaban J connectivity index is 2.17. The number of nitrogens with zero attached hydrogens (tertiary/aromatic N) is 1. The van der Waals surface area contributed by atoms with Crippen molar-refractivity contribution in [1.29, 1.82) is 0 Å². The van der Waals surface area contributed by atoms with Gasteiger partial charge in [-0.2, -0.15) is 0 Å². The number of rotatable bonds is 4. The number of ether oxygens (including phenoxy) is 2. The summed E-state index contributed by atoms with van der Waals surface area (Å²) in [7, 11) is 2.99. The van der Waals surface area contributed by atoms with Crippen LogP contribution in [0.3, 0.4) is 0 Å². The lowest BCUT2D eigenvalue weighted by atomic mass is 10.2. The van der Waals surface area contributed by atoms with Crippen molar-refractivity contribution in [3.05, 3.63) is 48.3 Å². The van der Waals surface area contributed by atoms with Gasteiger partial charge in [-0.05, 0) is 30.3 Å². The summed E-state index contributed by atoms with van der Waals surface area (Å²) >= 11 is 1.53. The normalized spacial score (nSPS) is 10.0. The van der Waals surface area contributed by atoms with Gasteiger partial charge in [0.1, 0.15) is 5.75 Å². The molecule has 0 saturated heterocycles. The maximum Gasteiger partial charge on any atom is 0.337 e. The summed E-state index contributed by atoms with van der Waals surface area (Å²) in [5, 5.41) is 0. The Morgan fingerprint density at radius 3 is 2.53 bits per heavy atom. The molecule has 0 N–H and O–H groups in total. The predicted molar refractivity (Wildman–Crippen MR) is 72.7 cm³/mol. The number of hydrogen-bond donors (Lipinski definition) is 0. The van der Waals surface area contributed by atoms with Gasteiger partial charge in [-0.25, -0.2) is 4.79 Å². The van der Waals surface area contributed by atoms with Crippen LogP contribution in [0.15, 0.2) is 52.5 Å². The van der Waals surface area contributed by atoms with Gasteiger partial charge >= 0.3 is 5.97 Å². The lowest BCUT2D eigenvalue weighted by molar-refractivity contribution is 0.0600. The topological polar surface area (TPSA) is 48.4 Å². The van der Waals surface area contributed by atoms with Crippen LogP contribution in [0.2, 0.25) is 0 Å². The van der Waals surface area contributed by atoms with Gasteiger partial charge in [0.05, 0.1) is 24.7 Å². The molecule has 0 atom stereocenters. The first kappa shape index (κ1) is 13.4. The van der Waals surface area contributed by atoms with Crippen molar-refractivity contribution < 1.29 is 14.3 Å². The molecule has 19 heavy (non-hydrogen) atoms. The molecular weight excluding hydrogens is 262 g/mol. The predicted octanol–water partition coefficient (Wildman–Crippen LogP) is 3.03. The minimum absolute atomic E-state index is 0.337. The van der Waals surface area contributed by atoms with E-state index < -0.39 is 0 Å². The van der Waals surface area contributed by atoms with Crippen molar-refractivity contribution in [3.63, 3.8) is 0 Å². The third-order valence-corrected chi connectivity index (χ3v) is 3.50. The molecule has 0 saturated carbocycles. The molecule has 0 radical (unpaired) electrons. The zero-order chi connectivity index (χ0) is 13.7. The van der Waals surface area contributed by atoms with E-state index in [1.165, 1.54) is 18.9 Å². The van der Waals surface area contributed by atoms with Crippen molar-refractivity contribution in [2.75, 3.05) is 14.2 Å². The Morgan fingerprint density at radius 2 is 1.89 bits per heavy atom. The number of aromatic nitrogens is 1. The Bertz CT molecular complexity index is 569. The van der Waals surface area contributed by atoms with Crippen LogP contribution in [0.1, 0.15) is 10.4 Å². The van der Waals surface area contributed by atoms with E-state index in [0.717, 1.165) is 15.5 Å². The Morgan fingerprint density at radius 1 is 1.16 bits per heavy atom. The molecule has 5 heteroatoms. The molecule has 0 unspecified atom stereocenters. The van der Waals surface area contributed by atoms with Gasteiger partial charge in [0.25, 0.3) is 0 Å². The molecule has 2 rings (SSSR count). The van der Waals surface area contributed by atoms with E-state index in [9.17, 15) is 4.79 Å². The van der Waals surface area contributed by atoms with Crippen LogP contribution in [0.5, 0.6) is 5.75 Å². The van der Waals surface area contributed by atoms with E-state index in [0.29, 0.717) is 5.56 Å². The number of carbonyl (C=O) groups is 1. The average molecular weight is 275 g/mol. The average Bonchev–Trinajstić information content (AvgIpc) is 2.48. The van der Waals surface area contributed by atoms with Crippen LogP contribution in [0.25, 0.3) is 0 Å². The molecule has 0 aliphatic heterocycles. The van der Waals surface area contributed by atoms with Gasteiger partial charge in [-0.15, -0.1) is 0 Å². The zero-order valence-electron chi connectivity index (χ0n) is 10.6. The lowest BCUT2D eigenvalue weighted by Gasteiger charge is -2.07. The minimum Gasteiger partial charge on any atom is -0.495 e. The van der Waals surface area contributed by atoms with Gasteiger partial charge < -0.3 is 9.47 Å². The summed E-state index contributed by atoms with van der Waals surface area (Å²) in [6.07, 6.45) is 3.43. The summed E-state index contributed by atoms with van der Waals surface area (Å²) in [6.45, 7) is 0. The van der Waals surface area contributed by atoms with E-state index in [1.807, 2.05) is 18.2 Å². The number of benzene rings is 1. The van der Waals surface area contributed by atoms with Crippen LogP contribution >= 0.6 is 11.8 Å². The van der Waals surface area contributed by atoms with E-state index in [-0.39, 0.29) is 5.97 Å². The zero-order valence-corrected chi connectivity index (χ0v) is 11.4. The molecular formula is C14H13NO3S. The van der Waals surface area contributed by atoms with E-state index >= 15 is 0 Å². The van der Waals surface area contributed by atoms with Crippen LogP contribution in [0, 0.1) is 0 Å². The summed E-state index contributed by atoms with van der Waals surface area (Å²) in [6, 6.07) is 9.01. The second kappa shape index (κ2) is 6.24. The van der Waals surface area contributed by atoms with Gasteiger partial charge in [-0.1, -0.05) is 11.8 Å². The maximum atomic E-state index is 11.3. The quantitative estimate of drug-likeness (QED) is 0.803. The second-order valence-corrected chi connectivity index (χ2v) is 4.76. The molecule has 2 aromatic rings. The maximum absolute atomic E-state index is 11.3. The molecule has 0 aliphatic carbocycles. The molecule has 0 spiro atoms. The number of esters is 1. The number of hydrogen-bond acceptors (Lipinski definition) is 5. The standard InChI is InChI=1S/C14H13NO3S/c1-17-12-7-8-15-9-13(12)19-11-5-3-10(4-6-11)14(16)18-2/h3-9H,1-2H3. The number of carbonyl (C=O) groups excluding carboxylic acids is 1. The highest BCUT2D eigenvalue weighted by atomic mass is 32.2. The second-order valence-electron chi connectivity index (χ2n) is 3.64. The monoisotopic (exact) mass is 275 g/mol. The molecule has 1 heterocycles. The largest absolute Gasteiger partial charge is 0.495 e. The molecule has 98 valence electrons. The fraction of sp³-hybridized carbons (Fsp3) is 0.143. The van der Waals surface area contributed by atoms with Crippen LogP contribution in [-0.2, 0) is 4.74 Å². The highest BCUT2D eigenvalue weighted by Gasteiger charge is 2.07. The van der Waals surface area contributed by atoms with Crippen molar-refractivity contribution in [2.45, 2.75) is 9.79 Å². The third kappa shape index (κ3) is 3.26. The summed E-state index contributed by atoms with van der Waals surface area (Å²) in [5.74, 6) is 0.438. The van der Waals surface area contributed by atoms with Gasteiger partial charge in [0.2, 0.25) is 0 Å². The molecule has 0 bridgehead atoms. The van der Waals surface area contributed by atoms with Gasteiger partial charge in [0.15, 0.2) is 0 Å². The molecule has 1 aromatic heterocycles. The smallest absolute Gasteiger partial charge is 0.337 e. The van der Waals surface area contributed by atoms with E-state index in [1.54, 1.807) is 31.6 Å². The SMILES string of the molecule is COC(=O)c1ccc(Sc2cnccc2OC)cc1. The summed E-state index contributed by atoms with van der Waals surface area (Å²) in [4.78, 5) is 17.3. The number of pyridine rings is 1. The molecule has 0 amide bonds. The number of methoxy groups -OCH3 is 2. The van der Waals surface area contributed by atoms with Crippen LogP contribution in [0.4, 0.5) is 0 Å². The lowest BCUT2D eigenvalue weighted by Crippen LogP contribution is -2.00. The van der Waals surface area contributed by atoms with Crippen molar-refractivity contribution in [1.82, 2.24) is 4.98 Å². The van der Waals surface area contributed by atoms with E-state index in [4.69, 9.17) is 4.74 Å². The Hall–Kier alpha value is -2.01. The van der Waals surface area contributed by atoms with E-state index in [2.05, 4.69) is 9.72 Å². The molecule has 4 nitrogen and oxygen atoms in total. The summed E-state index contributed by atoms with van der Waals surface area (Å²) < 4.78 is 9.92. The first-order valence-electron chi connectivity index (χ1n) is 5.59. The van der Waals surface area contributed by atoms with Crippen molar-refractivity contribution in [3.8, 4) is 5.75 Å². The Kier molecular flexibility index (Phi) is 4.41. The fourth-order valence-electron chi connectivity index (χ4n) is 1.52. The molecule has 0 aliphatic rings. The molecule has 0 fully saturated rings. The highest BCUT2D eigenvalue weighted by Crippen LogP contribution is 2.33. The van der Waals surface area contributed by atoms with Crippen LogP contribution < -0.4 is 4.74 Å². The first-order valence-corrected chi connectivity index (χ1v) is 6.40. The van der Waals surface area contributed by atoms with Crippen molar-refractivity contribution in [2.24, 2.45) is 0 Å². The third-order valence-electron chi connectivity index (χ3n) is 2.47. The van der Waals surface area contributed by atoms with Crippen LogP contribution in [-0.4, -0.2) is 25.2 Å². The molecule has 1 aromatic carbocycles. The Labute approximate surface area is 115 Å². The summed E-state index contributed by atoms with van der Waals surface area (Å²) in [5.41, 5.74) is 0.532. The first-order chi connectivity index (χ1) is 9.24. The minimum atomic E-state index is -0.337.